The molecule has 0 fully saturated rings. The van der Waals surface area contributed by atoms with Gasteiger partial charge in [-0.2, -0.15) is 9.67 Å². The van der Waals surface area contributed by atoms with Crippen LogP contribution in [-0.4, -0.2) is 42.3 Å². The largest absolute Gasteiger partial charge is 0.463 e. The first-order chi connectivity index (χ1) is 9.24. The zero-order chi connectivity index (χ0) is 13.4. The van der Waals surface area contributed by atoms with Gasteiger partial charge in [-0.1, -0.05) is 0 Å². The van der Waals surface area contributed by atoms with E-state index in [0.29, 0.717) is 11.5 Å². The van der Waals surface area contributed by atoms with Gasteiger partial charge in [-0.3, -0.25) is 4.40 Å². The van der Waals surface area contributed by atoms with Crippen molar-refractivity contribution in [3.63, 3.8) is 0 Å². The van der Waals surface area contributed by atoms with Crippen molar-refractivity contribution in [2.24, 2.45) is 0 Å². The molecule has 0 aromatic carbocycles. The van der Waals surface area contributed by atoms with Crippen molar-refractivity contribution in [3.05, 3.63) is 29.4 Å². The van der Waals surface area contributed by atoms with Crippen LogP contribution >= 0.6 is 11.3 Å². The number of fused-ring (bicyclic) bond motifs is 1. The van der Waals surface area contributed by atoms with Crippen LogP contribution in [0, 0.1) is 0 Å². The average molecular weight is 279 g/mol. The standard InChI is InChI=1S/C10H9N5O3S/c1-18-9(17)7-11-5-15(13-7)8-6(4-16)14-2-3-19-10(14)12-8/h2-3,5,16H,4H2,1H3. The minimum Gasteiger partial charge on any atom is -0.463 e. The number of hydrogen-bond acceptors (Lipinski definition) is 7. The Hall–Kier alpha value is -2.26. The summed E-state index contributed by atoms with van der Waals surface area (Å²) >= 11 is 1.44. The molecule has 0 aliphatic rings. The molecule has 3 aromatic heterocycles. The maximum absolute atomic E-state index is 11.3. The van der Waals surface area contributed by atoms with Gasteiger partial charge in [-0.05, 0) is 0 Å². The molecule has 0 amide bonds. The van der Waals surface area contributed by atoms with Crippen molar-refractivity contribution in [1.82, 2.24) is 24.1 Å². The van der Waals surface area contributed by atoms with Crippen LogP contribution in [0.1, 0.15) is 16.3 Å². The van der Waals surface area contributed by atoms with Gasteiger partial charge < -0.3 is 9.84 Å². The van der Waals surface area contributed by atoms with Crippen molar-refractivity contribution in [3.8, 4) is 5.82 Å². The lowest BCUT2D eigenvalue weighted by atomic mass is 10.4. The molecule has 3 rings (SSSR count). The predicted molar refractivity (Wildman–Crippen MR) is 65.2 cm³/mol. The van der Waals surface area contributed by atoms with E-state index in [1.165, 1.54) is 29.5 Å². The van der Waals surface area contributed by atoms with Gasteiger partial charge in [0.2, 0.25) is 0 Å². The number of esters is 1. The highest BCUT2D eigenvalue weighted by Gasteiger charge is 2.18. The minimum atomic E-state index is -0.620. The fourth-order valence-corrected chi connectivity index (χ4v) is 2.43. The molecule has 0 saturated carbocycles. The van der Waals surface area contributed by atoms with Gasteiger partial charge in [0.1, 0.15) is 6.33 Å². The first-order valence-electron chi connectivity index (χ1n) is 5.30. The van der Waals surface area contributed by atoms with Crippen LogP contribution in [0.5, 0.6) is 0 Å². The monoisotopic (exact) mass is 279 g/mol. The molecule has 0 spiro atoms. The number of hydrogen-bond donors (Lipinski definition) is 1. The van der Waals surface area contributed by atoms with E-state index in [1.807, 2.05) is 5.38 Å². The Balaban J connectivity index is 2.10. The molecule has 0 radical (unpaired) electrons. The number of carbonyl (C=O) groups excluding carboxylic acids is 1. The summed E-state index contributed by atoms with van der Waals surface area (Å²) in [6.45, 7) is -0.194. The van der Waals surface area contributed by atoms with Crippen molar-refractivity contribution in [1.29, 1.82) is 0 Å². The Kier molecular flexibility index (Phi) is 2.76. The number of aromatic nitrogens is 5. The van der Waals surface area contributed by atoms with E-state index in [4.69, 9.17) is 0 Å². The van der Waals surface area contributed by atoms with Crippen LogP contribution in [0.4, 0.5) is 0 Å². The molecule has 0 bridgehead atoms. The van der Waals surface area contributed by atoms with Gasteiger partial charge in [0.05, 0.1) is 19.4 Å². The molecule has 9 heteroatoms. The molecule has 0 aliphatic heterocycles. The zero-order valence-corrected chi connectivity index (χ0v) is 10.7. The lowest BCUT2D eigenvalue weighted by molar-refractivity contribution is 0.0587. The first-order valence-corrected chi connectivity index (χ1v) is 6.18. The van der Waals surface area contributed by atoms with Gasteiger partial charge in [0.25, 0.3) is 5.82 Å². The Morgan fingerprint density at radius 2 is 2.42 bits per heavy atom. The summed E-state index contributed by atoms with van der Waals surface area (Å²) in [6.07, 6.45) is 3.16. The number of ether oxygens (including phenoxy) is 1. The minimum absolute atomic E-state index is 0.0530. The van der Waals surface area contributed by atoms with E-state index in [-0.39, 0.29) is 12.4 Å². The van der Waals surface area contributed by atoms with Crippen molar-refractivity contribution < 1.29 is 14.6 Å². The summed E-state index contributed by atoms with van der Waals surface area (Å²) in [5.74, 6) is -0.231. The molecular formula is C10H9N5O3S. The number of methoxy groups -OCH3 is 1. The number of rotatable bonds is 3. The average Bonchev–Trinajstić information content (AvgIpc) is 3.11. The van der Waals surface area contributed by atoms with Crippen LogP contribution in [0.15, 0.2) is 17.9 Å². The maximum atomic E-state index is 11.3. The Morgan fingerprint density at radius 3 is 3.16 bits per heavy atom. The van der Waals surface area contributed by atoms with Crippen LogP contribution in [-0.2, 0) is 11.3 Å². The van der Waals surface area contributed by atoms with Gasteiger partial charge >= 0.3 is 5.97 Å². The molecule has 8 nitrogen and oxygen atoms in total. The third-order valence-electron chi connectivity index (χ3n) is 2.57. The fourth-order valence-electron chi connectivity index (χ4n) is 1.70. The third-order valence-corrected chi connectivity index (χ3v) is 3.32. The lowest BCUT2D eigenvalue weighted by Gasteiger charge is -1.99. The second-order valence-corrected chi connectivity index (χ2v) is 4.47. The molecule has 0 aliphatic carbocycles. The van der Waals surface area contributed by atoms with E-state index in [9.17, 15) is 9.90 Å². The summed E-state index contributed by atoms with van der Waals surface area (Å²) < 4.78 is 7.64. The number of imidazole rings is 1. The van der Waals surface area contributed by atoms with Gasteiger partial charge in [0.15, 0.2) is 10.8 Å². The topological polar surface area (TPSA) is 94.5 Å². The van der Waals surface area contributed by atoms with Crippen molar-refractivity contribution >= 4 is 22.3 Å². The maximum Gasteiger partial charge on any atom is 0.377 e. The number of nitrogens with zero attached hydrogens (tertiary/aromatic N) is 5. The van der Waals surface area contributed by atoms with E-state index in [1.54, 1.807) is 10.6 Å². The summed E-state index contributed by atoms with van der Waals surface area (Å²) in [7, 11) is 1.26. The molecule has 19 heavy (non-hydrogen) atoms. The number of carbonyl (C=O) groups is 1. The van der Waals surface area contributed by atoms with Crippen LogP contribution in [0.2, 0.25) is 0 Å². The van der Waals surface area contributed by atoms with Gasteiger partial charge in [0, 0.05) is 11.6 Å². The van der Waals surface area contributed by atoms with Gasteiger partial charge in [-0.25, -0.2) is 9.78 Å². The summed E-state index contributed by atoms with van der Waals surface area (Å²) in [6, 6.07) is 0. The molecule has 98 valence electrons. The molecule has 3 heterocycles. The highest BCUT2D eigenvalue weighted by Crippen LogP contribution is 2.20. The Bertz CT molecular complexity index is 743. The quantitative estimate of drug-likeness (QED) is 0.691. The van der Waals surface area contributed by atoms with E-state index in [0.717, 1.165) is 4.96 Å². The molecule has 1 N–H and O–H groups in total. The first kappa shape index (κ1) is 11.8. The van der Waals surface area contributed by atoms with Crippen molar-refractivity contribution in [2.45, 2.75) is 6.61 Å². The highest BCUT2D eigenvalue weighted by molar-refractivity contribution is 7.15. The number of aliphatic hydroxyl groups excluding tert-OH is 1. The van der Waals surface area contributed by atoms with E-state index < -0.39 is 5.97 Å². The lowest BCUT2D eigenvalue weighted by Crippen LogP contribution is -2.06. The SMILES string of the molecule is COC(=O)c1ncn(-c2nc3sccn3c2CO)n1. The van der Waals surface area contributed by atoms with E-state index in [2.05, 4.69) is 19.8 Å². The second kappa shape index (κ2) is 4.44. The summed E-state index contributed by atoms with van der Waals surface area (Å²) in [4.78, 5) is 20.2. The summed E-state index contributed by atoms with van der Waals surface area (Å²) in [5.41, 5.74) is 0.581. The van der Waals surface area contributed by atoms with E-state index >= 15 is 0 Å². The predicted octanol–water partition coefficient (Wildman–Crippen LogP) is 0.255. The van der Waals surface area contributed by atoms with Crippen LogP contribution in [0.25, 0.3) is 10.8 Å². The molecule has 0 atom stereocenters. The van der Waals surface area contributed by atoms with Crippen LogP contribution in [0.3, 0.4) is 0 Å². The zero-order valence-electron chi connectivity index (χ0n) is 9.85. The third kappa shape index (κ3) is 1.79. The smallest absolute Gasteiger partial charge is 0.377 e. The number of thiazole rings is 1. The summed E-state index contributed by atoms with van der Waals surface area (Å²) in [5, 5.41) is 15.3. The second-order valence-electron chi connectivity index (χ2n) is 3.60. The highest BCUT2D eigenvalue weighted by atomic mass is 32.1. The van der Waals surface area contributed by atoms with Crippen molar-refractivity contribution in [2.75, 3.05) is 7.11 Å². The molecule has 3 aromatic rings. The van der Waals surface area contributed by atoms with Crippen LogP contribution < -0.4 is 0 Å². The fraction of sp³-hybridized carbons (Fsp3) is 0.200. The molecular weight excluding hydrogens is 270 g/mol. The Morgan fingerprint density at radius 1 is 1.58 bits per heavy atom. The number of aliphatic hydroxyl groups is 1. The van der Waals surface area contributed by atoms with Gasteiger partial charge in [-0.15, -0.1) is 16.4 Å². The molecule has 0 unspecified atom stereocenters. The Labute approximate surface area is 110 Å². The normalized spacial score (nSPS) is 11.1. The molecule has 0 saturated heterocycles.